The van der Waals surface area contributed by atoms with Crippen LogP contribution in [0.4, 0.5) is 0 Å². The summed E-state index contributed by atoms with van der Waals surface area (Å²) >= 11 is 4.29. The molecule has 0 radical (unpaired) electrons. The first-order valence-corrected chi connectivity index (χ1v) is 9.07. The second-order valence-corrected chi connectivity index (χ2v) is 7.94. The largest absolute Gasteiger partial charge is 0.388 e. The lowest BCUT2D eigenvalue weighted by Crippen LogP contribution is -2.41. The molecule has 2 heterocycles. The number of hydrogen-bond donors (Lipinski definition) is 1. The van der Waals surface area contributed by atoms with Gasteiger partial charge < -0.3 is 9.84 Å². The average molecular weight is 390 g/mol. The number of benzene rings is 1. The smallest absolute Gasteiger partial charge is 0.0820 e. The van der Waals surface area contributed by atoms with Gasteiger partial charge in [0.15, 0.2) is 0 Å². The van der Waals surface area contributed by atoms with Gasteiger partial charge >= 0.3 is 0 Å². The fourth-order valence-electron chi connectivity index (χ4n) is 3.16. The summed E-state index contributed by atoms with van der Waals surface area (Å²) in [6.45, 7) is 0.798. The van der Waals surface area contributed by atoms with Crippen LogP contribution in [0.5, 0.6) is 0 Å². The van der Waals surface area contributed by atoms with E-state index in [1.807, 2.05) is 23.9 Å². The van der Waals surface area contributed by atoms with Crippen molar-refractivity contribution in [3.63, 3.8) is 0 Å². The molecule has 2 nitrogen and oxygen atoms in total. The minimum atomic E-state index is -0.346. The van der Waals surface area contributed by atoms with Crippen molar-refractivity contribution in [1.82, 2.24) is 0 Å². The van der Waals surface area contributed by atoms with Gasteiger partial charge in [-0.2, -0.15) is 11.8 Å². The molecule has 2 saturated heterocycles. The van der Waals surface area contributed by atoms with Gasteiger partial charge in [-0.3, -0.25) is 0 Å². The molecule has 0 aromatic heterocycles. The second kappa shape index (κ2) is 5.92. The second-order valence-electron chi connectivity index (χ2n) is 5.59. The number of thioether (sulfide) groups is 1. The molecule has 2 aliphatic rings. The zero-order valence-corrected chi connectivity index (χ0v) is 13.8. The average Bonchev–Trinajstić information content (AvgIpc) is 2.86. The van der Waals surface area contributed by atoms with Crippen molar-refractivity contribution in [2.45, 2.75) is 31.0 Å². The van der Waals surface area contributed by atoms with Crippen LogP contribution in [0, 0.1) is 9.49 Å². The molecule has 2 aliphatic heterocycles. The molecule has 2 fully saturated rings. The Hall–Kier alpha value is 0.220. The Bertz CT molecular complexity index is 446. The van der Waals surface area contributed by atoms with Crippen LogP contribution in [-0.4, -0.2) is 28.8 Å². The van der Waals surface area contributed by atoms with Crippen molar-refractivity contribution >= 4 is 34.4 Å². The summed E-state index contributed by atoms with van der Waals surface area (Å²) in [4.78, 5) is 0. The van der Waals surface area contributed by atoms with Gasteiger partial charge in [-0.1, -0.05) is 12.1 Å². The van der Waals surface area contributed by atoms with E-state index in [1.165, 1.54) is 9.32 Å². The van der Waals surface area contributed by atoms with Gasteiger partial charge in [0.05, 0.1) is 11.7 Å². The van der Waals surface area contributed by atoms with E-state index in [4.69, 9.17) is 4.74 Å². The zero-order chi connectivity index (χ0) is 13.3. The monoisotopic (exact) mass is 390 g/mol. The van der Waals surface area contributed by atoms with E-state index < -0.39 is 0 Å². The fourth-order valence-corrected chi connectivity index (χ4v) is 5.11. The summed E-state index contributed by atoms with van der Waals surface area (Å²) in [5, 5.41) is 10.6. The Morgan fingerprint density at radius 3 is 3.11 bits per heavy atom. The Morgan fingerprint density at radius 2 is 2.37 bits per heavy atom. The summed E-state index contributed by atoms with van der Waals surface area (Å²) in [6.07, 6.45) is 2.78. The molecule has 0 amide bonds. The molecule has 19 heavy (non-hydrogen) atoms. The molecule has 3 rings (SSSR count). The van der Waals surface area contributed by atoms with Crippen LogP contribution in [0.15, 0.2) is 24.3 Å². The molecular formula is C15H19IO2S. The lowest BCUT2D eigenvalue weighted by atomic mass is 9.80. The predicted octanol–water partition coefficient (Wildman–Crippen LogP) is 3.63. The molecule has 1 aromatic carbocycles. The number of rotatable bonds is 2. The first kappa shape index (κ1) is 14.2. The maximum atomic E-state index is 10.6. The number of hydrogen-bond acceptors (Lipinski definition) is 3. The maximum absolute atomic E-state index is 10.6. The summed E-state index contributed by atoms with van der Waals surface area (Å²) in [5.74, 6) is 2.64. The summed E-state index contributed by atoms with van der Waals surface area (Å²) in [6, 6.07) is 8.23. The number of halogens is 1. The molecule has 3 atom stereocenters. The third kappa shape index (κ3) is 3.12. The van der Waals surface area contributed by atoms with Gasteiger partial charge in [0.25, 0.3) is 0 Å². The van der Waals surface area contributed by atoms with Crippen LogP contribution in [0.2, 0.25) is 0 Å². The third-order valence-corrected chi connectivity index (χ3v) is 6.13. The minimum absolute atomic E-state index is 0.0521. The van der Waals surface area contributed by atoms with Crippen LogP contribution < -0.4 is 0 Å². The molecule has 0 bridgehead atoms. The van der Waals surface area contributed by atoms with E-state index in [-0.39, 0.29) is 11.7 Å². The Balaban J connectivity index is 1.74. The minimum Gasteiger partial charge on any atom is -0.388 e. The highest BCUT2D eigenvalue weighted by Gasteiger charge is 2.42. The van der Waals surface area contributed by atoms with Crippen molar-refractivity contribution in [3.05, 3.63) is 33.4 Å². The van der Waals surface area contributed by atoms with Crippen LogP contribution in [0.1, 0.15) is 30.9 Å². The molecule has 4 heteroatoms. The topological polar surface area (TPSA) is 29.5 Å². The quantitative estimate of drug-likeness (QED) is 0.783. The first-order valence-electron chi connectivity index (χ1n) is 6.84. The van der Waals surface area contributed by atoms with Gasteiger partial charge in [0, 0.05) is 15.9 Å². The molecule has 1 N–H and O–H groups in total. The van der Waals surface area contributed by atoms with E-state index in [1.54, 1.807) is 0 Å². The molecule has 3 unspecified atom stereocenters. The standard InChI is InChI=1S/C15H19IO2S/c16-13-3-1-2-11(8-13)14(17)12-4-6-18-15(9-12)5-7-19-10-15/h1-3,8,12,14,17H,4-7,9-10H2. The van der Waals surface area contributed by atoms with Gasteiger partial charge in [-0.25, -0.2) is 0 Å². The van der Waals surface area contributed by atoms with Crippen LogP contribution in [-0.2, 0) is 4.74 Å². The van der Waals surface area contributed by atoms with Gasteiger partial charge in [-0.05, 0) is 71.2 Å². The number of aliphatic hydroxyl groups is 1. The highest BCUT2D eigenvalue weighted by molar-refractivity contribution is 14.1. The maximum Gasteiger partial charge on any atom is 0.0820 e. The van der Waals surface area contributed by atoms with E-state index in [2.05, 4.69) is 34.7 Å². The van der Waals surface area contributed by atoms with Crippen molar-refractivity contribution in [1.29, 1.82) is 0 Å². The highest BCUT2D eigenvalue weighted by atomic mass is 127. The molecule has 0 saturated carbocycles. The van der Waals surface area contributed by atoms with E-state index in [0.717, 1.165) is 37.2 Å². The summed E-state index contributed by atoms with van der Waals surface area (Å²) in [7, 11) is 0. The Morgan fingerprint density at radius 1 is 1.47 bits per heavy atom. The number of aliphatic hydroxyl groups excluding tert-OH is 1. The third-order valence-electron chi connectivity index (χ3n) is 4.23. The SMILES string of the molecule is OC(c1cccc(I)c1)C1CCOC2(CCSC2)C1. The van der Waals surface area contributed by atoms with Gasteiger partial charge in [0.1, 0.15) is 0 Å². The molecule has 104 valence electrons. The normalized spacial score (nSPS) is 32.6. The van der Waals surface area contributed by atoms with E-state index >= 15 is 0 Å². The summed E-state index contributed by atoms with van der Waals surface area (Å²) < 4.78 is 7.22. The van der Waals surface area contributed by atoms with E-state index in [0.29, 0.717) is 5.92 Å². The number of ether oxygens (including phenoxy) is 1. The van der Waals surface area contributed by atoms with E-state index in [9.17, 15) is 5.11 Å². The van der Waals surface area contributed by atoms with Crippen LogP contribution in [0.3, 0.4) is 0 Å². The lowest BCUT2D eigenvalue weighted by molar-refractivity contribution is -0.102. The van der Waals surface area contributed by atoms with Crippen molar-refractivity contribution in [2.75, 3.05) is 18.1 Å². The van der Waals surface area contributed by atoms with Crippen LogP contribution in [0.25, 0.3) is 0 Å². The van der Waals surface area contributed by atoms with Crippen molar-refractivity contribution in [3.8, 4) is 0 Å². The zero-order valence-electron chi connectivity index (χ0n) is 10.8. The molecule has 1 aromatic rings. The van der Waals surface area contributed by atoms with Crippen molar-refractivity contribution in [2.24, 2.45) is 5.92 Å². The molecule has 1 spiro atoms. The Kier molecular flexibility index (Phi) is 4.41. The molecule has 0 aliphatic carbocycles. The highest BCUT2D eigenvalue weighted by Crippen LogP contribution is 2.44. The first-order chi connectivity index (χ1) is 9.19. The van der Waals surface area contributed by atoms with Gasteiger partial charge in [-0.15, -0.1) is 0 Å². The van der Waals surface area contributed by atoms with Crippen LogP contribution >= 0.6 is 34.4 Å². The lowest BCUT2D eigenvalue weighted by Gasteiger charge is -2.39. The Labute approximate surface area is 132 Å². The van der Waals surface area contributed by atoms with Crippen molar-refractivity contribution < 1.29 is 9.84 Å². The predicted molar refractivity (Wildman–Crippen MR) is 87.5 cm³/mol. The van der Waals surface area contributed by atoms with Gasteiger partial charge in [0.2, 0.25) is 0 Å². The fraction of sp³-hybridized carbons (Fsp3) is 0.600. The molecular weight excluding hydrogens is 371 g/mol. The summed E-state index contributed by atoms with van der Waals surface area (Å²) in [5.41, 5.74) is 1.11.